The fraction of sp³-hybridized carbons (Fsp3) is 0.333. The molecule has 0 saturated heterocycles. The highest BCUT2D eigenvalue weighted by Gasteiger charge is 2.20. The molecular weight excluding hydrogens is 254 g/mol. The molecule has 0 aliphatic heterocycles. The van der Waals surface area contributed by atoms with E-state index >= 15 is 0 Å². The Bertz CT molecular complexity index is 554. The van der Waals surface area contributed by atoms with Gasteiger partial charge in [0.05, 0.1) is 16.6 Å². The van der Waals surface area contributed by atoms with Gasteiger partial charge in [-0.25, -0.2) is 0 Å². The van der Waals surface area contributed by atoms with E-state index in [9.17, 15) is 5.11 Å². The molecule has 1 aromatic carbocycles. The summed E-state index contributed by atoms with van der Waals surface area (Å²) in [4.78, 5) is 4.18. The van der Waals surface area contributed by atoms with E-state index in [2.05, 4.69) is 10.1 Å². The van der Waals surface area contributed by atoms with Crippen LogP contribution in [0.3, 0.4) is 0 Å². The Hall–Kier alpha value is -1.59. The Kier molecular flexibility index (Phi) is 3.54. The van der Waals surface area contributed by atoms with E-state index in [-0.39, 0.29) is 28.6 Å². The summed E-state index contributed by atoms with van der Waals surface area (Å²) in [5, 5.41) is 13.9. The topological polar surface area (TPSA) is 85.2 Å². The van der Waals surface area contributed by atoms with Gasteiger partial charge < -0.3 is 15.4 Å². The Morgan fingerprint density at radius 1 is 1.39 bits per heavy atom. The summed E-state index contributed by atoms with van der Waals surface area (Å²) in [6.07, 6.45) is 0. The van der Waals surface area contributed by atoms with E-state index in [1.807, 2.05) is 13.8 Å². The highest BCUT2D eigenvalue weighted by Crippen LogP contribution is 2.34. The summed E-state index contributed by atoms with van der Waals surface area (Å²) in [6.45, 7) is 3.94. The maximum atomic E-state index is 9.82. The van der Waals surface area contributed by atoms with Crippen LogP contribution < -0.4 is 5.73 Å². The van der Waals surface area contributed by atoms with Gasteiger partial charge in [-0.3, -0.25) is 0 Å². The number of phenols is 1. The largest absolute Gasteiger partial charge is 0.506 e. The normalized spacial score (nSPS) is 12.9. The number of phenolic OH excluding ortho intramolecular Hbond substituents is 1. The standard InChI is InChI=1S/C12H14ClN3O2/c1-6(2)9(14)11-15-12(18-16-11)7-4-3-5-8(13)10(7)17/h3-6,9,17H,14H2,1-2H3. The summed E-state index contributed by atoms with van der Waals surface area (Å²) in [6, 6.07) is 4.63. The molecular formula is C12H14ClN3O2. The van der Waals surface area contributed by atoms with Gasteiger partial charge in [-0.1, -0.05) is 36.7 Å². The maximum absolute atomic E-state index is 9.82. The first-order valence-electron chi connectivity index (χ1n) is 5.57. The molecule has 0 aliphatic carbocycles. The van der Waals surface area contributed by atoms with Crippen LogP contribution in [0.15, 0.2) is 22.7 Å². The molecule has 0 fully saturated rings. The lowest BCUT2D eigenvalue weighted by Gasteiger charge is -2.09. The summed E-state index contributed by atoms with van der Waals surface area (Å²) >= 11 is 5.82. The van der Waals surface area contributed by atoms with Gasteiger partial charge >= 0.3 is 0 Å². The molecule has 0 saturated carbocycles. The Morgan fingerprint density at radius 2 is 2.11 bits per heavy atom. The minimum Gasteiger partial charge on any atom is -0.506 e. The maximum Gasteiger partial charge on any atom is 0.261 e. The fourth-order valence-electron chi connectivity index (χ4n) is 1.47. The van der Waals surface area contributed by atoms with Crippen molar-refractivity contribution in [3.05, 3.63) is 29.0 Å². The van der Waals surface area contributed by atoms with E-state index in [0.29, 0.717) is 11.4 Å². The molecule has 2 aromatic rings. The number of benzene rings is 1. The molecule has 1 heterocycles. The minimum absolute atomic E-state index is 0.0764. The van der Waals surface area contributed by atoms with Gasteiger partial charge in [-0.15, -0.1) is 0 Å². The van der Waals surface area contributed by atoms with Crippen molar-refractivity contribution >= 4 is 11.6 Å². The summed E-state index contributed by atoms with van der Waals surface area (Å²) < 4.78 is 5.10. The fourth-order valence-corrected chi connectivity index (χ4v) is 1.64. The summed E-state index contributed by atoms with van der Waals surface area (Å²) in [7, 11) is 0. The lowest BCUT2D eigenvalue weighted by atomic mass is 10.1. The molecule has 6 heteroatoms. The van der Waals surface area contributed by atoms with E-state index in [4.69, 9.17) is 21.9 Å². The first-order valence-corrected chi connectivity index (χ1v) is 5.95. The highest BCUT2D eigenvalue weighted by atomic mass is 35.5. The predicted octanol–water partition coefficient (Wildman–Crippen LogP) is 2.75. The lowest BCUT2D eigenvalue weighted by molar-refractivity contribution is 0.397. The lowest BCUT2D eigenvalue weighted by Crippen LogP contribution is -2.18. The van der Waals surface area contributed by atoms with Crippen LogP contribution in [0.25, 0.3) is 11.5 Å². The van der Waals surface area contributed by atoms with E-state index in [1.165, 1.54) is 0 Å². The molecule has 0 spiro atoms. The average Bonchev–Trinajstić information content (AvgIpc) is 2.80. The number of nitrogens with two attached hydrogens (primary N) is 1. The molecule has 0 aliphatic rings. The van der Waals surface area contributed by atoms with Crippen LogP contribution in [0.4, 0.5) is 0 Å². The first kappa shape index (κ1) is 12.9. The van der Waals surface area contributed by atoms with Gasteiger partial charge in [-0.2, -0.15) is 4.98 Å². The first-order chi connectivity index (χ1) is 8.50. The highest BCUT2D eigenvalue weighted by molar-refractivity contribution is 6.32. The van der Waals surface area contributed by atoms with Crippen molar-refractivity contribution < 1.29 is 9.63 Å². The number of para-hydroxylation sites is 1. The molecule has 1 aromatic heterocycles. The zero-order valence-electron chi connectivity index (χ0n) is 10.1. The van der Waals surface area contributed by atoms with Gasteiger partial charge in [-0.05, 0) is 18.1 Å². The van der Waals surface area contributed by atoms with Gasteiger partial charge in [0.25, 0.3) is 5.89 Å². The van der Waals surface area contributed by atoms with Gasteiger partial charge in [0.2, 0.25) is 0 Å². The molecule has 96 valence electrons. The molecule has 1 atom stereocenters. The Balaban J connectivity index is 2.38. The van der Waals surface area contributed by atoms with Crippen LogP contribution in [0.1, 0.15) is 25.7 Å². The number of aromatic hydroxyl groups is 1. The molecule has 5 nitrogen and oxygen atoms in total. The second-order valence-corrected chi connectivity index (χ2v) is 4.77. The third kappa shape index (κ3) is 2.32. The minimum atomic E-state index is -0.302. The average molecular weight is 268 g/mol. The van der Waals surface area contributed by atoms with Gasteiger partial charge in [0.15, 0.2) is 5.82 Å². The van der Waals surface area contributed by atoms with Gasteiger partial charge in [0.1, 0.15) is 5.75 Å². The molecule has 18 heavy (non-hydrogen) atoms. The number of rotatable bonds is 3. The third-order valence-corrected chi connectivity index (χ3v) is 2.98. The third-order valence-electron chi connectivity index (χ3n) is 2.68. The van der Waals surface area contributed by atoms with Crippen molar-refractivity contribution in [1.29, 1.82) is 0 Å². The quantitative estimate of drug-likeness (QED) is 0.893. The number of nitrogens with zero attached hydrogens (tertiary/aromatic N) is 2. The molecule has 0 bridgehead atoms. The van der Waals surface area contributed by atoms with Gasteiger partial charge in [0, 0.05) is 0 Å². The van der Waals surface area contributed by atoms with Crippen molar-refractivity contribution in [2.75, 3.05) is 0 Å². The van der Waals surface area contributed by atoms with Crippen molar-refractivity contribution in [3.63, 3.8) is 0 Å². The monoisotopic (exact) mass is 267 g/mol. The summed E-state index contributed by atoms with van der Waals surface area (Å²) in [5.74, 6) is 0.747. The molecule has 1 unspecified atom stereocenters. The number of hydrogen-bond acceptors (Lipinski definition) is 5. The van der Waals surface area contributed by atoms with E-state index < -0.39 is 0 Å². The smallest absolute Gasteiger partial charge is 0.261 e. The molecule has 2 rings (SSSR count). The van der Waals surface area contributed by atoms with Crippen LogP contribution in [-0.2, 0) is 0 Å². The van der Waals surface area contributed by atoms with Crippen LogP contribution in [-0.4, -0.2) is 15.2 Å². The van der Waals surface area contributed by atoms with Crippen LogP contribution >= 0.6 is 11.6 Å². The summed E-state index contributed by atoms with van der Waals surface area (Å²) in [5.41, 5.74) is 6.32. The van der Waals surface area contributed by atoms with Crippen molar-refractivity contribution in [2.45, 2.75) is 19.9 Å². The number of aromatic nitrogens is 2. The second-order valence-electron chi connectivity index (χ2n) is 4.36. The molecule has 3 N–H and O–H groups in total. The number of hydrogen-bond donors (Lipinski definition) is 2. The molecule has 0 amide bonds. The zero-order chi connectivity index (χ0) is 13.3. The van der Waals surface area contributed by atoms with Crippen molar-refractivity contribution in [1.82, 2.24) is 10.1 Å². The Labute approximate surface area is 110 Å². The Morgan fingerprint density at radius 3 is 2.78 bits per heavy atom. The molecule has 0 radical (unpaired) electrons. The van der Waals surface area contributed by atoms with Crippen LogP contribution in [0, 0.1) is 5.92 Å². The van der Waals surface area contributed by atoms with Crippen molar-refractivity contribution in [3.8, 4) is 17.2 Å². The van der Waals surface area contributed by atoms with Crippen LogP contribution in [0.5, 0.6) is 5.75 Å². The zero-order valence-corrected chi connectivity index (χ0v) is 10.8. The van der Waals surface area contributed by atoms with E-state index in [1.54, 1.807) is 18.2 Å². The number of halogens is 1. The predicted molar refractivity (Wildman–Crippen MR) is 68.2 cm³/mol. The van der Waals surface area contributed by atoms with E-state index in [0.717, 1.165) is 0 Å². The SMILES string of the molecule is CC(C)C(N)c1noc(-c2cccc(Cl)c2O)n1. The second kappa shape index (κ2) is 4.96. The van der Waals surface area contributed by atoms with Crippen molar-refractivity contribution in [2.24, 2.45) is 11.7 Å². The van der Waals surface area contributed by atoms with Crippen LogP contribution in [0.2, 0.25) is 5.02 Å².